The van der Waals surface area contributed by atoms with Gasteiger partial charge in [-0.15, -0.1) is 0 Å². The first-order valence-corrected chi connectivity index (χ1v) is 5.82. The van der Waals surface area contributed by atoms with E-state index in [4.69, 9.17) is 10.3 Å². The maximum atomic E-state index is 10.9. The molecule has 16 heavy (non-hydrogen) atoms. The SMILES string of the molecule is Nc1ccc(O)c2ccc(S(=O)(=O)O)cc12. The van der Waals surface area contributed by atoms with Gasteiger partial charge in [-0.3, -0.25) is 4.55 Å². The maximum absolute atomic E-state index is 10.9. The van der Waals surface area contributed by atoms with Crippen LogP contribution in [0.1, 0.15) is 0 Å². The molecule has 0 saturated carbocycles. The molecule has 4 N–H and O–H groups in total. The molecule has 2 aromatic rings. The topological polar surface area (TPSA) is 101 Å². The summed E-state index contributed by atoms with van der Waals surface area (Å²) in [5.41, 5.74) is 5.98. The van der Waals surface area contributed by atoms with Crippen LogP contribution in [-0.2, 0) is 10.1 Å². The molecule has 0 heterocycles. The number of hydrogen-bond donors (Lipinski definition) is 3. The maximum Gasteiger partial charge on any atom is 0.294 e. The van der Waals surface area contributed by atoms with Crippen molar-refractivity contribution in [2.24, 2.45) is 0 Å². The Balaban J connectivity index is 2.86. The third-order valence-corrected chi connectivity index (χ3v) is 3.15. The molecular formula is C10H9NO4S. The summed E-state index contributed by atoms with van der Waals surface area (Å²) >= 11 is 0. The van der Waals surface area contributed by atoms with Crippen LogP contribution in [-0.4, -0.2) is 18.1 Å². The Morgan fingerprint density at radius 3 is 2.38 bits per heavy atom. The summed E-state index contributed by atoms with van der Waals surface area (Å²) in [5.74, 6) is 0.00564. The van der Waals surface area contributed by atoms with Gasteiger partial charge in [0.1, 0.15) is 5.75 Å². The summed E-state index contributed by atoms with van der Waals surface area (Å²) in [6, 6.07) is 6.71. The van der Waals surface area contributed by atoms with Gasteiger partial charge in [0.15, 0.2) is 0 Å². The second-order valence-electron chi connectivity index (χ2n) is 3.36. The molecular weight excluding hydrogens is 230 g/mol. The van der Waals surface area contributed by atoms with Gasteiger partial charge in [-0.1, -0.05) is 0 Å². The van der Waals surface area contributed by atoms with Crippen LogP contribution in [0, 0.1) is 0 Å². The highest BCUT2D eigenvalue weighted by Gasteiger charge is 2.12. The first kappa shape index (κ1) is 10.7. The second kappa shape index (κ2) is 3.36. The van der Waals surface area contributed by atoms with E-state index in [-0.39, 0.29) is 10.6 Å². The first-order valence-electron chi connectivity index (χ1n) is 4.38. The smallest absolute Gasteiger partial charge is 0.294 e. The molecule has 0 fully saturated rings. The Bertz CT molecular complexity index is 664. The number of anilines is 1. The van der Waals surface area contributed by atoms with Crippen molar-refractivity contribution < 1.29 is 18.1 Å². The lowest BCUT2D eigenvalue weighted by atomic mass is 10.1. The van der Waals surface area contributed by atoms with Gasteiger partial charge in [0.05, 0.1) is 4.90 Å². The third-order valence-electron chi connectivity index (χ3n) is 2.30. The predicted molar refractivity (Wildman–Crippen MR) is 59.8 cm³/mol. The Hall–Kier alpha value is -1.79. The average Bonchev–Trinajstić information content (AvgIpc) is 2.22. The number of nitrogens with two attached hydrogens (primary N) is 1. The number of hydrogen-bond acceptors (Lipinski definition) is 4. The lowest BCUT2D eigenvalue weighted by Gasteiger charge is -2.05. The number of phenolic OH excluding ortho intramolecular Hbond substituents is 1. The Kier molecular flexibility index (Phi) is 2.25. The van der Waals surface area contributed by atoms with E-state index in [1.54, 1.807) is 0 Å². The predicted octanol–water partition coefficient (Wildman–Crippen LogP) is 1.37. The van der Waals surface area contributed by atoms with E-state index in [1.807, 2.05) is 0 Å². The quantitative estimate of drug-likeness (QED) is 0.396. The molecule has 84 valence electrons. The van der Waals surface area contributed by atoms with Gasteiger partial charge in [0, 0.05) is 16.5 Å². The van der Waals surface area contributed by atoms with E-state index in [1.165, 1.54) is 30.3 Å². The molecule has 0 spiro atoms. The van der Waals surface area contributed by atoms with Crippen molar-refractivity contribution in [3.8, 4) is 5.75 Å². The summed E-state index contributed by atoms with van der Waals surface area (Å²) in [4.78, 5) is -0.252. The van der Waals surface area contributed by atoms with Crippen molar-refractivity contribution in [3.05, 3.63) is 30.3 Å². The normalized spacial score (nSPS) is 11.8. The van der Waals surface area contributed by atoms with Crippen LogP contribution in [0.2, 0.25) is 0 Å². The minimum Gasteiger partial charge on any atom is -0.507 e. The number of fused-ring (bicyclic) bond motifs is 1. The Morgan fingerprint density at radius 1 is 1.06 bits per heavy atom. The molecule has 0 aliphatic carbocycles. The fraction of sp³-hybridized carbons (Fsp3) is 0. The van der Waals surface area contributed by atoms with E-state index in [9.17, 15) is 13.5 Å². The highest BCUT2D eigenvalue weighted by atomic mass is 32.2. The van der Waals surface area contributed by atoms with Crippen LogP contribution in [0.15, 0.2) is 35.2 Å². The molecule has 0 bridgehead atoms. The third kappa shape index (κ3) is 1.68. The van der Waals surface area contributed by atoms with E-state index < -0.39 is 10.1 Å². The zero-order chi connectivity index (χ0) is 11.9. The summed E-state index contributed by atoms with van der Waals surface area (Å²) in [6.45, 7) is 0. The highest BCUT2D eigenvalue weighted by molar-refractivity contribution is 7.85. The van der Waals surface area contributed by atoms with Crippen molar-refractivity contribution in [2.45, 2.75) is 4.90 Å². The average molecular weight is 239 g/mol. The van der Waals surface area contributed by atoms with Crippen molar-refractivity contribution in [1.29, 1.82) is 0 Å². The zero-order valence-corrected chi connectivity index (χ0v) is 8.90. The summed E-state index contributed by atoms with van der Waals surface area (Å²) in [5, 5.41) is 10.3. The van der Waals surface area contributed by atoms with Gasteiger partial charge in [-0.2, -0.15) is 8.42 Å². The second-order valence-corrected chi connectivity index (χ2v) is 4.78. The van der Waals surface area contributed by atoms with Gasteiger partial charge in [0.2, 0.25) is 0 Å². The lowest BCUT2D eigenvalue weighted by Crippen LogP contribution is -1.98. The van der Waals surface area contributed by atoms with Crippen LogP contribution < -0.4 is 5.73 Å². The molecule has 2 aromatic carbocycles. The van der Waals surface area contributed by atoms with Crippen LogP contribution >= 0.6 is 0 Å². The standard InChI is InChI=1S/C10H9NO4S/c11-9-3-4-10(12)7-2-1-6(5-8(7)9)16(13,14)15/h1-5,12H,11H2,(H,13,14,15). The summed E-state index contributed by atoms with van der Waals surface area (Å²) in [7, 11) is -4.26. The molecule has 6 heteroatoms. The van der Waals surface area contributed by atoms with Crippen molar-refractivity contribution in [1.82, 2.24) is 0 Å². The molecule has 2 rings (SSSR count). The van der Waals surface area contributed by atoms with Crippen LogP contribution in [0.5, 0.6) is 5.75 Å². The number of benzene rings is 2. The summed E-state index contributed by atoms with van der Waals surface area (Å²) < 4.78 is 30.7. The van der Waals surface area contributed by atoms with Gasteiger partial charge in [-0.05, 0) is 30.3 Å². The molecule has 0 atom stereocenters. The van der Waals surface area contributed by atoms with Crippen LogP contribution in [0.4, 0.5) is 5.69 Å². The Labute approximate surface area is 91.9 Å². The molecule has 0 unspecified atom stereocenters. The fourth-order valence-electron chi connectivity index (χ4n) is 1.49. The van der Waals surface area contributed by atoms with Crippen molar-refractivity contribution in [2.75, 3.05) is 5.73 Å². The zero-order valence-electron chi connectivity index (χ0n) is 8.08. The minimum atomic E-state index is -4.26. The number of aromatic hydroxyl groups is 1. The number of phenols is 1. The van der Waals surface area contributed by atoms with Crippen molar-refractivity contribution in [3.63, 3.8) is 0 Å². The number of nitrogen functional groups attached to an aromatic ring is 1. The fourth-order valence-corrected chi connectivity index (χ4v) is 2.00. The summed E-state index contributed by atoms with van der Waals surface area (Å²) in [6.07, 6.45) is 0. The van der Waals surface area contributed by atoms with Gasteiger partial charge in [0.25, 0.3) is 10.1 Å². The number of rotatable bonds is 1. The van der Waals surface area contributed by atoms with Gasteiger partial charge in [-0.25, -0.2) is 0 Å². The molecule has 0 aromatic heterocycles. The molecule has 0 aliphatic heterocycles. The van der Waals surface area contributed by atoms with Crippen molar-refractivity contribution >= 4 is 26.6 Å². The van der Waals surface area contributed by atoms with E-state index >= 15 is 0 Å². The van der Waals surface area contributed by atoms with Gasteiger partial charge < -0.3 is 10.8 Å². The van der Waals surface area contributed by atoms with E-state index in [0.717, 1.165) is 0 Å². The van der Waals surface area contributed by atoms with Crippen LogP contribution in [0.3, 0.4) is 0 Å². The first-order chi connectivity index (χ1) is 7.39. The van der Waals surface area contributed by atoms with E-state index in [0.29, 0.717) is 16.5 Å². The molecule has 0 radical (unpaired) electrons. The van der Waals surface area contributed by atoms with E-state index in [2.05, 4.69) is 0 Å². The van der Waals surface area contributed by atoms with Crippen LogP contribution in [0.25, 0.3) is 10.8 Å². The largest absolute Gasteiger partial charge is 0.507 e. The molecule has 0 aliphatic rings. The minimum absolute atomic E-state index is 0.00564. The Morgan fingerprint density at radius 2 is 1.75 bits per heavy atom. The lowest BCUT2D eigenvalue weighted by molar-refractivity contribution is 0.480. The molecule has 0 saturated heterocycles. The molecule has 5 nitrogen and oxygen atoms in total. The monoisotopic (exact) mass is 239 g/mol. The molecule has 0 amide bonds. The highest BCUT2D eigenvalue weighted by Crippen LogP contribution is 2.30. The van der Waals surface area contributed by atoms with Gasteiger partial charge >= 0.3 is 0 Å².